The predicted octanol–water partition coefficient (Wildman–Crippen LogP) is 10.7. The quantitative estimate of drug-likeness (QED) is 0.167. The molecule has 49 heavy (non-hydrogen) atoms. The molecule has 236 valence electrons. The number of fused-ring (bicyclic) bond motifs is 3. The van der Waals surface area contributed by atoms with Crippen molar-refractivity contribution >= 4 is 27.8 Å². The van der Waals surface area contributed by atoms with E-state index in [1.165, 1.54) is 27.1 Å². The Kier molecular flexibility index (Phi) is 11.3. The van der Waals surface area contributed by atoms with E-state index in [0.29, 0.717) is 5.92 Å². The molecule has 0 spiro atoms. The van der Waals surface area contributed by atoms with Crippen molar-refractivity contribution in [2.75, 3.05) is 0 Å². The Labute approximate surface area is 301 Å². The van der Waals surface area contributed by atoms with Gasteiger partial charge in [-0.3, -0.25) is 4.99 Å². The first-order chi connectivity index (χ1) is 23.8. The van der Waals surface area contributed by atoms with E-state index >= 15 is 0 Å². The number of aromatic nitrogens is 2. The number of hydrogen-bond donors (Lipinski definition) is 0. The zero-order valence-corrected chi connectivity index (χ0v) is 29.0. The zero-order valence-electron chi connectivity index (χ0n) is 26.7. The second-order valence-electron chi connectivity index (χ2n) is 11.3. The molecule has 0 N–H and O–H groups in total. The van der Waals surface area contributed by atoms with Gasteiger partial charge in [-0.15, -0.1) is 77.4 Å². The fraction of sp³-hybridized carbons (Fsp3) is 0.0444. The van der Waals surface area contributed by atoms with Crippen molar-refractivity contribution < 1.29 is 20.1 Å². The Morgan fingerprint density at radius 3 is 1.63 bits per heavy atom. The van der Waals surface area contributed by atoms with Crippen LogP contribution in [0, 0.1) is 24.1 Å². The topological polar surface area (TPSA) is 38.1 Å². The summed E-state index contributed by atoms with van der Waals surface area (Å²) in [6.45, 7) is 0. The molecule has 2 atom stereocenters. The number of allylic oxidation sites excluding steroid dienone is 4. The Morgan fingerprint density at radius 1 is 0.531 bits per heavy atom. The molecule has 0 amide bonds. The van der Waals surface area contributed by atoms with Crippen LogP contribution in [0.25, 0.3) is 44.1 Å². The summed E-state index contributed by atoms with van der Waals surface area (Å²) in [5, 5.41) is 4.77. The third-order valence-corrected chi connectivity index (χ3v) is 8.28. The molecule has 4 heteroatoms. The van der Waals surface area contributed by atoms with Gasteiger partial charge in [0, 0.05) is 24.5 Å². The van der Waals surface area contributed by atoms with E-state index in [9.17, 15) is 0 Å². The molecule has 3 heterocycles. The van der Waals surface area contributed by atoms with E-state index in [0.717, 1.165) is 28.1 Å². The molecule has 2 unspecified atom stereocenters. The molecule has 0 radical (unpaired) electrons. The average molecular weight is 807 g/mol. The van der Waals surface area contributed by atoms with Crippen LogP contribution < -0.4 is 0 Å². The SMILES string of the molecule is [Ir+3].[c-]1ccccc1-c1nccc2ccccc12.[c-]1ccccc1-c1nccc2ccccc12.[c-]1ccccc1C1N=CC=C2C=CC=CC21. The molecular weight excluding hydrogens is 775 g/mol. The molecule has 7 aromatic rings. The van der Waals surface area contributed by atoms with Gasteiger partial charge in [0.2, 0.25) is 0 Å². The Hall–Kier alpha value is -5.54. The number of nitrogens with zero attached hydrogens (tertiary/aromatic N) is 3. The second kappa shape index (κ2) is 16.5. The van der Waals surface area contributed by atoms with Gasteiger partial charge in [-0.2, -0.15) is 30.3 Å². The molecule has 0 saturated heterocycles. The van der Waals surface area contributed by atoms with Crippen LogP contribution >= 0.6 is 0 Å². The van der Waals surface area contributed by atoms with Gasteiger partial charge in [0.05, 0.1) is 6.04 Å². The Balaban J connectivity index is 0.000000126. The maximum atomic E-state index is 4.57. The van der Waals surface area contributed by atoms with Gasteiger partial charge in [-0.25, -0.2) is 0 Å². The summed E-state index contributed by atoms with van der Waals surface area (Å²) < 4.78 is 0. The monoisotopic (exact) mass is 807 g/mol. The minimum Gasteiger partial charge on any atom is -0.304 e. The first-order valence-corrected chi connectivity index (χ1v) is 16.0. The van der Waals surface area contributed by atoms with Gasteiger partial charge in [0.1, 0.15) is 0 Å². The van der Waals surface area contributed by atoms with E-state index in [4.69, 9.17) is 0 Å². The maximum Gasteiger partial charge on any atom is 3.00 e. The number of hydrogen-bond acceptors (Lipinski definition) is 3. The molecule has 1 aliphatic heterocycles. The van der Waals surface area contributed by atoms with Crippen molar-refractivity contribution in [3.63, 3.8) is 0 Å². The molecule has 3 nitrogen and oxygen atoms in total. The third kappa shape index (κ3) is 7.96. The van der Waals surface area contributed by atoms with Crippen LogP contribution in [0.4, 0.5) is 0 Å². The average Bonchev–Trinajstić information content (AvgIpc) is 3.19. The van der Waals surface area contributed by atoms with Crippen LogP contribution in [-0.2, 0) is 20.1 Å². The minimum absolute atomic E-state index is 0. The van der Waals surface area contributed by atoms with Crippen molar-refractivity contribution in [2.45, 2.75) is 6.04 Å². The van der Waals surface area contributed by atoms with Gasteiger partial charge in [0.25, 0.3) is 0 Å². The summed E-state index contributed by atoms with van der Waals surface area (Å²) >= 11 is 0. The number of rotatable bonds is 3. The summed E-state index contributed by atoms with van der Waals surface area (Å²) in [6, 6.07) is 54.4. The van der Waals surface area contributed by atoms with E-state index in [2.05, 4.69) is 93.9 Å². The van der Waals surface area contributed by atoms with Crippen LogP contribution in [0.2, 0.25) is 0 Å². The standard InChI is InChI=1S/C15H12N.2C15H10N.Ir/c3*1-2-7-13(8-3-1)15-14-9-5-4-6-12(14)10-11-16-15;/h1-7,9-11,14-15H;2*1-7,9-11H;/q3*-1;+3. The van der Waals surface area contributed by atoms with E-state index < -0.39 is 0 Å². The maximum absolute atomic E-state index is 4.57. The minimum atomic E-state index is 0. The van der Waals surface area contributed by atoms with Gasteiger partial charge < -0.3 is 9.97 Å². The molecule has 0 fully saturated rings. The summed E-state index contributed by atoms with van der Waals surface area (Å²) in [7, 11) is 0. The molecule has 2 aliphatic rings. The van der Waals surface area contributed by atoms with E-state index in [1.807, 2.05) is 122 Å². The number of pyridine rings is 2. The number of aliphatic imine (C=N–C) groups is 1. The fourth-order valence-corrected chi connectivity index (χ4v) is 5.96. The summed E-state index contributed by atoms with van der Waals surface area (Å²) in [5.74, 6) is 0.369. The molecule has 0 bridgehead atoms. The fourth-order valence-electron chi connectivity index (χ4n) is 5.96. The molecule has 2 aromatic heterocycles. The van der Waals surface area contributed by atoms with Crippen LogP contribution in [0.5, 0.6) is 0 Å². The largest absolute Gasteiger partial charge is 3.00 e. The van der Waals surface area contributed by atoms with Crippen molar-refractivity contribution in [3.8, 4) is 22.5 Å². The van der Waals surface area contributed by atoms with Gasteiger partial charge in [-0.05, 0) is 56.7 Å². The van der Waals surface area contributed by atoms with Crippen molar-refractivity contribution in [2.24, 2.45) is 10.9 Å². The molecular formula is C45H32IrN3. The number of benzene rings is 5. The third-order valence-electron chi connectivity index (χ3n) is 8.28. The summed E-state index contributed by atoms with van der Waals surface area (Å²) in [6.07, 6.45) is 16.2. The number of dihydropyridines is 1. The summed E-state index contributed by atoms with van der Waals surface area (Å²) in [5.41, 5.74) is 6.57. The van der Waals surface area contributed by atoms with Gasteiger partial charge >= 0.3 is 20.1 Å². The molecule has 5 aromatic carbocycles. The normalized spacial score (nSPS) is 15.5. The van der Waals surface area contributed by atoms with Crippen molar-refractivity contribution in [3.05, 3.63) is 206 Å². The first-order valence-electron chi connectivity index (χ1n) is 16.0. The summed E-state index contributed by atoms with van der Waals surface area (Å²) in [4.78, 5) is 13.5. The smallest absolute Gasteiger partial charge is 0.304 e. The molecule has 1 aliphatic carbocycles. The van der Waals surface area contributed by atoms with Gasteiger partial charge in [0.15, 0.2) is 0 Å². The Bertz CT molecular complexity index is 2120. The van der Waals surface area contributed by atoms with Crippen LogP contribution in [0.3, 0.4) is 0 Å². The van der Waals surface area contributed by atoms with Crippen molar-refractivity contribution in [1.29, 1.82) is 0 Å². The Morgan fingerprint density at radius 2 is 1.08 bits per heavy atom. The molecule has 9 rings (SSSR count). The van der Waals surface area contributed by atoms with Crippen molar-refractivity contribution in [1.82, 2.24) is 9.97 Å². The van der Waals surface area contributed by atoms with E-state index in [-0.39, 0.29) is 26.1 Å². The van der Waals surface area contributed by atoms with Gasteiger partial charge in [-0.1, -0.05) is 72.8 Å². The van der Waals surface area contributed by atoms with Crippen LogP contribution in [0.1, 0.15) is 11.6 Å². The van der Waals surface area contributed by atoms with E-state index in [1.54, 1.807) is 0 Å². The zero-order chi connectivity index (χ0) is 32.4. The van der Waals surface area contributed by atoms with Crippen LogP contribution in [-0.4, -0.2) is 16.2 Å². The predicted molar refractivity (Wildman–Crippen MR) is 198 cm³/mol. The second-order valence-corrected chi connectivity index (χ2v) is 11.3. The van der Waals surface area contributed by atoms with Crippen LogP contribution in [0.15, 0.2) is 187 Å². The first kappa shape index (κ1) is 33.4. The molecule has 0 saturated carbocycles.